The number of likely N-dealkylation sites (tertiary alicyclic amines) is 1. The van der Waals surface area contributed by atoms with Gasteiger partial charge in [-0.15, -0.1) is 23.2 Å². The number of halogens is 4. The third-order valence-corrected chi connectivity index (χ3v) is 7.99. The highest BCUT2D eigenvalue weighted by molar-refractivity contribution is 6.42. The van der Waals surface area contributed by atoms with Crippen molar-refractivity contribution in [2.75, 3.05) is 18.5 Å². The quantitative estimate of drug-likeness (QED) is 0.386. The van der Waals surface area contributed by atoms with Gasteiger partial charge in [0.2, 0.25) is 11.8 Å². The number of amides is 3. The topological polar surface area (TPSA) is 92.8 Å². The van der Waals surface area contributed by atoms with Crippen LogP contribution in [0.15, 0.2) is 18.2 Å². The van der Waals surface area contributed by atoms with Gasteiger partial charge in [0.1, 0.15) is 6.54 Å². The summed E-state index contributed by atoms with van der Waals surface area (Å²) in [5.74, 6) is -3.73. The van der Waals surface area contributed by atoms with Crippen LogP contribution in [0.3, 0.4) is 0 Å². The molecule has 7 nitrogen and oxygen atoms in total. The Morgan fingerprint density at radius 3 is 2.20 bits per heavy atom. The molecule has 1 N–H and O–H groups in total. The number of fused-ring (bicyclic) bond motifs is 5. The molecule has 160 valence electrons. The van der Waals surface area contributed by atoms with E-state index in [1.165, 1.54) is 18.2 Å². The van der Waals surface area contributed by atoms with Crippen LogP contribution in [0.2, 0.25) is 10.0 Å². The van der Waals surface area contributed by atoms with Gasteiger partial charge in [0.05, 0.1) is 32.6 Å². The summed E-state index contributed by atoms with van der Waals surface area (Å²) < 4.78 is 4.91. The molecule has 11 heteroatoms. The van der Waals surface area contributed by atoms with Crippen molar-refractivity contribution in [3.8, 4) is 0 Å². The van der Waals surface area contributed by atoms with Crippen molar-refractivity contribution in [1.29, 1.82) is 0 Å². The van der Waals surface area contributed by atoms with E-state index in [1.54, 1.807) is 0 Å². The summed E-state index contributed by atoms with van der Waals surface area (Å²) in [5, 5.41) is 2.36. The molecule has 0 aromatic heterocycles. The number of benzene rings is 1. The lowest BCUT2D eigenvalue weighted by Crippen LogP contribution is -2.38. The molecule has 3 fully saturated rings. The van der Waals surface area contributed by atoms with Gasteiger partial charge in [-0.1, -0.05) is 23.2 Å². The number of imide groups is 1. The van der Waals surface area contributed by atoms with E-state index < -0.39 is 48.7 Å². The minimum Gasteiger partial charge on any atom is -0.454 e. The van der Waals surface area contributed by atoms with Gasteiger partial charge in [0.25, 0.3) is 5.91 Å². The van der Waals surface area contributed by atoms with Crippen LogP contribution >= 0.6 is 46.4 Å². The largest absolute Gasteiger partial charge is 0.454 e. The van der Waals surface area contributed by atoms with Crippen LogP contribution < -0.4 is 5.32 Å². The zero-order valence-corrected chi connectivity index (χ0v) is 18.3. The SMILES string of the molecule is O=C(COC(=O)CN1C(=O)[C@@H]2[C@H]3C[C@@H]([C@H](Cl)[C@H]3Cl)[C@@H]2C1=O)Nc1ccc(Cl)c(Cl)c1. The van der Waals surface area contributed by atoms with Crippen molar-refractivity contribution in [3.63, 3.8) is 0 Å². The zero-order chi connectivity index (χ0) is 21.7. The first-order valence-electron chi connectivity index (χ1n) is 9.23. The lowest BCUT2D eigenvalue weighted by molar-refractivity contribution is -0.154. The van der Waals surface area contributed by atoms with E-state index in [4.69, 9.17) is 51.1 Å². The van der Waals surface area contributed by atoms with Gasteiger partial charge < -0.3 is 10.1 Å². The molecule has 1 aromatic carbocycles. The second-order valence-electron chi connectivity index (χ2n) is 7.60. The highest BCUT2D eigenvalue weighted by Gasteiger charge is 2.66. The van der Waals surface area contributed by atoms with E-state index in [1.807, 2.05) is 0 Å². The summed E-state index contributed by atoms with van der Waals surface area (Å²) >= 11 is 24.3. The number of alkyl halides is 2. The predicted octanol–water partition coefficient (Wildman–Crippen LogP) is 2.94. The number of carbonyl (C=O) groups excluding carboxylic acids is 4. The molecule has 1 aromatic rings. The molecular formula is C19H16Cl4N2O5. The Labute approximate surface area is 191 Å². The maximum absolute atomic E-state index is 12.7. The Bertz CT molecular complexity index is 909. The van der Waals surface area contributed by atoms with E-state index in [0.717, 1.165) is 4.90 Å². The van der Waals surface area contributed by atoms with Gasteiger partial charge in [-0.25, -0.2) is 0 Å². The molecule has 2 bridgehead atoms. The normalized spacial score (nSPS) is 31.8. The van der Waals surface area contributed by atoms with Crippen molar-refractivity contribution in [1.82, 2.24) is 4.90 Å². The number of hydrogen-bond donors (Lipinski definition) is 1. The number of ether oxygens (including phenoxy) is 1. The molecule has 3 amide bonds. The van der Waals surface area contributed by atoms with E-state index in [9.17, 15) is 19.2 Å². The standard InChI is InChI=1S/C19H16Cl4N2O5/c20-10-2-1-7(3-11(10)21)24-12(26)6-30-13(27)5-25-18(28)14-8-4-9(15(14)19(25)29)17(23)16(8)22/h1-3,8-9,14-17H,4-6H2,(H,24,26)/t8-,9-,14-,15+,16+,17+/m1/s1. The van der Waals surface area contributed by atoms with Gasteiger partial charge in [-0.2, -0.15) is 0 Å². The lowest BCUT2D eigenvalue weighted by Gasteiger charge is -2.28. The number of rotatable bonds is 5. The summed E-state index contributed by atoms with van der Waals surface area (Å²) in [7, 11) is 0. The van der Waals surface area contributed by atoms with Crippen molar-refractivity contribution >= 4 is 75.8 Å². The minimum absolute atomic E-state index is 0.168. The third kappa shape index (κ3) is 3.66. The molecule has 1 aliphatic heterocycles. The van der Waals surface area contributed by atoms with Crippen LogP contribution in [-0.2, 0) is 23.9 Å². The maximum Gasteiger partial charge on any atom is 0.326 e. The average Bonchev–Trinajstić information content (AvgIpc) is 3.30. The highest BCUT2D eigenvalue weighted by Crippen LogP contribution is 2.59. The summed E-state index contributed by atoms with van der Waals surface area (Å²) in [5.41, 5.74) is 0.380. The Balaban J connectivity index is 1.31. The van der Waals surface area contributed by atoms with Crippen molar-refractivity contribution in [2.45, 2.75) is 17.2 Å². The monoisotopic (exact) mass is 492 g/mol. The molecule has 30 heavy (non-hydrogen) atoms. The number of hydrogen-bond acceptors (Lipinski definition) is 5. The number of esters is 1. The van der Waals surface area contributed by atoms with Crippen LogP contribution in [0.1, 0.15) is 6.42 Å². The number of carbonyl (C=O) groups is 4. The average molecular weight is 494 g/mol. The maximum atomic E-state index is 12.7. The van der Waals surface area contributed by atoms with Crippen LogP contribution in [0.5, 0.6) is 0 Å². The van der Waals surface area contributed by atoms with E-state index in [2.05, 4.69) is 5.32 Å². The first kappa shape index (κ1) is 21.7. The third-order valence-electron chi connectivity index (χ3n) is 5.93. The molecule has 6 atom stereocenters. The molecule has 0 spiro atoms. The van der Waals surface area contributed by atoms with Gasteiger partial charge in [0, 0.05) is 5.69 Å². The van der Waals surface area contributed by atoms with Gasteiger partial charge in [-0.3, -0.25) is 24.1 Å². The molecule has 0 unspecified atom stereocenters. The van der Waals surface area contributed by atoms with E-state index in [0.29, 0.717) is 17.1 Å². The second-order valence-corrected chi connectivity index (χ2v) is 9.43. The first-order chi connectivity index (χ1) is 14.2. The van der Waals surface area contributed by atoms with Crippen LogP contribution in [-0.4, -0.2) is 52.5 Å². The molecule has 2 saturated carbocycles. The Kier molecular flexibility index (Phi) is 5.92. The summed E-state index contributed by atoms with van der Waals surface area (Å²) in [6.45, 7) is -1.13. The van der Waals surface area contributed by atoms with E-state index in [-0.39, 0.29) is 27.6 Å². The second kappa shape index (κ2) is 8.19. The summed E-state index contributed by atoms with van der Waals surface area (Å²) in [4.78, 5) is 50.4. The minimum atomic E-state index is -0.863. The Morgan fingerprint density at radius 1 is 1.03 bits per heavy atom. The fourth-order valence-electron chi connectivity index (χ4n) is 4.66. The zero-order valence-electron chi connectivity index (χ0n) is 15.3. The highest BCUT2D eigenvalue weighted by atomic mass is 35.5. The molecule has 0 radical (unpaired) electrons. The molecule has 1 heterocycles. The smallest absolute Gasteiger partial charge is 0.326 e. The number of nitrogens with one attached hydrogen (secondary N) is 1. The van der Waals surface area contributed by atoms with Crippen LogP contribution in [0.25, 0.3) is 0 Å². The molecule has 3 aliphatic rings. The molecule has 2 aliphatic carbocycles. The lowest BCUT2D eigenvalue weighted by atomic mass is 9.80. The van der Waals surface area contributed by atoms with E-state index >= 15 is 0 Å². The van der Waals surface area contributed by atoms with Gasteiger partial charge in [-0.05, 0) is 36.5 Å². The summed E-state index contributed by atoms with van der Waals surface area (Å²) in [6.07, 6.45) is 0.641. The van der Waals surface area contributed by atoms with Gasteiger partial charge in [0.15, 0.2) is 6.61 Å². The van der Waals surface area contributed by atoms with Crippen molar-refractivity contribution in [3.05, 3.63) is 28.2 Å². The van der Waals surface area contributed by atoms with Crippen LogP contribution in [0.4, 0.5) is 5.69 Å². The van der Waals surface area contributed by atoms with Crippen molar-refractivity contribution in [2.24, 2.45) is 23.7 Å². The molecule has 4 rings (SSSR count). The van der Waals surface area contributed by atoms with Crippen molar-refractivity contribution < 1.29 is 23.9 Å². The molecular weight excluding hydrogens is 478 g/mol. The number of nitrogens with zero attached hydrogens (tertiary/aromatic N) is 1. The van der Waals surface area contributed by atoms with Gasteiger partial charge >= 0.3 is 5.97 Å². The number of anilines is 1. The first-order valence-corrected chi connectivity index (χ1v) is 10.9. The summed E-state index contributed by atoms with van der Waals surface area (Å²) in [6, 6.07) is 4.50. The van der Waals surface area contributed by atoms with Crippen LogP contribution in [0, 0.1) is 23.7 Å². The fourth-order valence-corrected chi connectivity index (χ4v) is 5.85. The Morgan fingerprint density at radius 2 is 1.63 bits per heavy atom. The predicted molar refractivity (Wildman–Crippen MR) is 111 cm³/mol. The molecule has 1 saturated heterocycles. The fraction of sp³-hybridized carbons (Fsp3) is 0.474. The Hall–Kier alpha value is -1.54.